The van der Waals surface area contributed by atoms with E-state index in [9.17, 15) is 9.59 Å². The Labute approximate surface area is 117 Å². The van der Waals surface area contributed by atoms with Crippen LogP contribution in [-0.4, -0.2) is 17.5 Å². The molecule has 108 valence electrons. The molecule has 2 rings (SSSR count). The summed E-state index contributed by atoms with van der Waals surface area (Å²) in [6.45, 7) is 0.365. The standard InChI is InChI=1S/C14H20N4O2/c15-13(20)17-9-10-3-5-11(6-4-10)18-12(19)14(16)7-1-2-8-14/h3-6H,1-2,7-9,16H2,(H,18,19)(H3,15,17,20). The van der Waals surface area contributed by atoms with E-state index in [1.807, 2.05) is 12.1 Å². The highest BCUT2D eigenvalue weighted by atomic mass is 16.2. The summed E-state index contributed by atoms with van der Waals surface area (Å²) in [5, 5.41) is 5.34. The van der Waals surface area contributed by atoms with Gasteiger partial charge >= 0.3 is 6.03 Å². The van der Waals surface area contributed by atoms with Gasteiger partial charge in [-0.3, -0.25) is 4.79 Å². The first-order valence-corrected chi connectivity index (χ1v) is 6.72. The number of nitrogens with one attached hydrogen (secondary N) is 2. The van der Waals surface area contributed by atoms with Gasteiger partial charge in [0.15, 0.2) is 0 Å². The van der Waals surface area contributed by atoms with Crippen LogP contribution in [0.25, 0.3) is 0 Å². The number of amides is 3. The fourth-order valence-electron chi connectivity index (χ4n) is 2.38. The largest absolute Gasteiger partial charge is 0.352 e. The number of primary amides is 1. The van der Waals surface area contributed by atoms with Crippen LogP contribution in [0, 0.1) is 0 Å². The Bertz CT molecular complexity index is 492. The number of hydrogen-bond donors (Lipinski definition) is 4. The summed E-state index contributed by atoms with van der Waals surface area (Å²) in [6.07, 6.45) is 3.47. The molecule has 0 spiro atoms. The fraction of sp³-hybridized carbons (Fsp3) is 0.429. The summed E-state index contributed by atoms with van der Waals surface area (Å²) in [4.78, 5) is 22.7. The van der Waals surface area contributed by atoms with E-state index >= 15 is 0 Å². The summed E-state index contributed by atoms with van der Waals surface area (Å²) in [5.41, 5.74) is 12.0. The van der Waals surface area contributed by atoms with E-state index in [0.29, 0.717) is 12.2 Å². The molecule has 1 aliphatic carbocycles. The second kappa shape index (κ2) is 5.92. The maximum absolute atomic E-state index is 12.1. The van der Waals surface area contributed by atoms with Crippen LogP contribution in [0.2, 0.25) is 0 Å². The molecule has 20 heavy (non-hydrogen) atoms. The first-order valence-electron chi connectivity index (χ1n) is 6.72. The van der Waals surface area contributed by atoms with Gasteiger partial charge in [0.25, 0.3) is 0 Å². The molecule has 3 amide bonds. The molecular formula is C14H20N4O2. The molecular weight excluding hydrogens is 256 g/mol. The van der Waals surface area contributed by atoms with Gasteiger partial charge in [0.05, 0.1) is 5.54 Å². The topological polar surface area (TPSA) is 110 Å². The molecule has 6 nitrogen and oxygen atoms in total. The van der Waals surface area contributed by atoms with E-state index in [1.165, 1.54) is 0 Å². The summed E-state index contributed by atoms with van der Waals surface area (Å²) in [7, 11) is 0. The lowest BCUT2D eigenvalue weighted by Gasteiger charge is -2.22. The number of urea groups is 1. The third-order valence-corrected chi connectivity index (χ3v) is 3.63. The third kappa shape index (κ3) is 3.48. The number of hydrogen-bond acceptors (Lipinski definition) is 3. The molecule has 6 heteroatoms. The quantitative estimate of drug-likeness (QED) is 0.660. The van der Waals surface area contributed by atoms with Crippen LogP contribution >= 0.6 is 0 Å². The Hall–Kier alpha value is -2.08. The molecule has 1 aromatic rings. The smallest absolute Gasteiger partial charge is 0.312 e. The van der Waals surface area contributed by atoms with E-state index in [0.717, 1.165) is 31.2 Å². The fourth-order valence-corrected chi connectivity index (χ4v) is 2.38. The summed E-state index contributed by atoms with van der Waals surface area (Å²) < 4.78 is 0. The second-order valence-corrected chi connectivity index (χ2v) is 5.23. The number of anilines is 1. The van der Waals surface area contributed by atoms with Crippen molar-refractivity contribution in [3.05, 3.63) is 29.8 Å². The molecule has 0 bridgehead atoms. The van der Waals surface area contributed by atoms with Crippen molar-refractivity contribution in [2.45, 2.75) is 37.8 Å². The Kier molecular flexibility index (Phi) is 4.24. The lowest BCUT2D eigenvalue weighted by molar-refractivity contribution is -0.121. The molecule has 0 heterocycles. The van der Waals surface area contributed by atoms with Gasteiger partial charge < -0.3 is 22.1 Å². The number of benzene rings is 1. The molecule has 1 aromatic carbocycles. The first-order chi connectivity index (χ1) is 9.49. The highest BCUT2D eigenvalue weighted by molar-refractivity contribution is 5.98. The van der Waals surface area contributed by atoms with Crippen molar-refractivity contribution >= 4 is 17.6 Å². The van der Waals surface area contributed by atoms with Crippen molar-refractivity contribution in [2.24, 2.45) is 11.5 Å². The zero-order valence-corrected chi connectivity index (χ0v) is 11.3. The summed E-state index contributed by atoms with van der Waals surface area (Å²) in [5.74, 6) is -0.127. The molecule has 0 unspecified atom stereocenters. The monoisotopic (exact) mass is 276 g/mol. The van der Waals surface area contributed by atoms with Crippen molar-refractivity contribution in [1.29, 1.82) is 0 Å². The highest BCUT2D eigenvalue weighted by Crippen LogP contribution is 2.28. The maximum Gasteiger partial charge on any atom is 0.312 e. The van der Waals surface area contributed by atoms with Gasteiger partial charge in [0, 0.05) is 12.2 Å². The van der Waals surface area contributed by atoms with Crippen molar-refractivity contribution in [1.82, 2.24) is 5.32 Å². The summed E-state index contributed by atoms with van der Waals surface area (Å²) in [6, 6.07) is 6.66. The molecule has 6 N–H and O–H groups in total. The average molecular weight is 276 g/mol. The highest BCUT2D eigenvalue weighted by Gasteiger charge is 2.36. The molecule has 1 saturated carbocycles. The zero-order valence-electron chi connectivity index (χ0n) is 11.3. The van der Waals surface area contributed by atoms with Crippen molar-refractivity contribution < 1.29 is 9.59 Å². The molecule has 0 aromatic heterocycles. The van der Waals surface area contributed by atoms with Crippen LogP contribution < -0.4 is 22.1 Å². The zero-order chi connectivity index (χ0) is 14.6. The Balaban J connectivity index is 1.93. The molecule has 0 saturated heterocycles. The van der Waals surface area contributed by atoms with Gasteiger partial charge in [0.1, 0.15) is 0 Å². The van der Waals surface area contributed by atoms with E-state index in [4.69, 9.17) is 11.5 Å². The van der Waals surface area contributed by atoms with E-state index in [-0.39, 0.29) is 5.91 Å². The van der Waals surface area contributed by atoms with Crippen LogP contribution in [0.15, 0.2) is 24.3 Å². The Morgan fingerprint density at radius 1 is 1.15 bits per heavy atom. The minimum Gasteiger partial charge on any atom is -0.352 e. The predicted molar refractivity (Wildman–Crippen MR) is 76.9 cm³/mol. The second-order valence-electron chi connectivity index (χ2n) is 5.23. The minimum atomic E-state index is -0.730. The van der Waals surface area contributed by atoms with Gasteiger partial charge in [-0.05, 0) is 30.5 Å². The normalized spacial score (nSPS) is 16.6. The van der Waals surface area contributed by atoms with Crippen LogP contribution in [0.4, 0.5) is 10.5 Å². The molecule has 0 radical (unpaired) electrons. The van der Waals surface area contributed by atoms with E-state index < -0.39 is 11.6 Å². The van der Waals surface area contributed by atoms with Crippen LogP contribution in [0.1, 0.15) is 31.2 Å². The van der Waals surface area contributed by atoms with E-state index in [1.54, 1.807) is 12.1 Å². The van der Waals surface area contributed by atoms with Gasteiger partial charge in [-0.25, -0.2) is 4.79 Å². The number of carbonyl (C=O) groups is 2. The molecule has 0 aliphatic heterocycles. The average Bonchev–Trinajstić information content (AvgIpc) is 2.86. The first kappa shape index (κ1) is 14.3. The van der Waals surface area contributed by atoms with Gasteiger partial charge in [-0.2, -0.15) is 0 Å². The van der Waals surface area contributed by atoms with Crippen LogP contribution in [0.3, 0.4) is 0 Å². The van der Waals surface area contributed by atoms with Crippen molar-refractivity contribution in [3.8, 4) is 0 Å². The number of rotatable bonds is 4. The number of carbonyl (C=O) groups excluding carboxylic acids is 2. The van der Waals surface area contributed by atoms with Crippen molar-refractivity contribution in [2.75, 3.05) is 5.32 Å². The van der Waals surface area contributed by atoms with Crippen molar-refractivity contribution in [3.63, 3.8) is 0 Å². The minimum absolute atomic E-state index is 0.127. The molecule has 0 atom stereocenters. The summed E-state index contributed by atoms with van der Waals surface area (Å²) >= 11 is 0. The Morgan fingerprint density at radius 3 is 2.30 bits per heavy atom. The molecule has 1 aliphatic rings. The lowest BCUT2D eigenvalue weighted by atomic mass is 9.98. The van der Waals surface area contributed by atoms with Gasteiger partial charge in [-0.1, -0.05) is 25.0 Å². The van der Waals surface area contributed by atoms with E-state index in [2.05, 4.69) is 10.6 Å². The number of nitrogens with two attached hydrogens (primary N) is 2. The van der Waals surface area contributed by atoms with Gasteiger partial charge in [-0.15, -0.1) is 0 Å². The van der Waals surface area contributed by atoms with Gasteiger partial charge in [0.2, 0.25) is 5.91 Å². The Morgan fingerprint density at radius 2 is 1.75 bits per heavy atom. The maximum atomic E-state index is 12.1. The molecule has 1 fully saturated rings. The SMILES string of the molecule is NC(=O)NCc1ccc(NC(=O)C2(N)CCCC2)cc1. The predicted octanol–water partition coefficient (Wildman–Crippen LogP) is 1.06. The van der Waals surface area contributed by atoms with Crippen LogP contribution in [-0.2, 0) is 11.3 Å². The third-order valence-electron chi connectivity index (χ3n) is 3.63. The van der Waals surface area contributed by atoms with Crippen LogP contribution in [0.5, 0.6) is 0 Å². The lowest BCUT2D eigenvalue weighted by Crippen LogP contribution is -2.48.